The Hall–Kier alpha value is -1.42. The molecule has 0 aliphatic carbocycles. The summed E-state index contributed by atoms with van der Waals surface area (Å²) in [6.07, 6.45) is 8.91. The fraction of sp³-hybridized carbons (Fsp3) is 0.250. The van der Waals surface area contributed by atoms with Gasteiger partial charge < -0.3 is 5.21 Å². The lowest BCUT2D eigenvalue weighted by Gasteiger charge is -2.13. The van der Waals surface area contributed by atoms with Crippen LogP contribution in [-0.2, 0) is 0 Å². The number of aliphatic imine (C=N–C) groups is 1. The summed E-state index contributed by atoms with van der Waals surface area (Å²) in [4.78, 5) is 8.29. The summed E-state index contributed by atoms with van der Waals surface area (Å²) in [6.45, 7) is 0. The topological polar surface area (TPSA) is 57.8 Å². The van der Waals surface area contributed by atoms with E-state index in [0.717, 1.165) is 9.26 Å². The second-order valence-corrected chi connectivity index (χ2v) is 4.37. The predicted molar refractivity (Wildman–Crippen MR) is 76.8 cm³/mol. The maximum Gasteiger partial charge on any atom is 0.101 e. The van der Waals surface area contributed by atoms with Gasteiger partial charge in [-0.3, -0.25) is 9.98 Å². The molecule has 0 fully saturated rings. The molecule has 1 rings (SSSR count). The highest BCUT2D eigenvalue weighted by molar-refractivity contribution is 14.1. The van der Waals surface area contributed by atoms with Crippen molar-refractivity contribution in [3.8, 4) is 12.3 Å². The molecule has 0 amide bonds. The van der Waals surface area contributed by atoms with Crippen LogP contribution in [-0.4, -0.2) is 29.2 Å². The van der Waals surface area contributed by atoms with E-state index in [2.05, 4.69) is 43.6 Å². The van der Waals surface area contributed by atoms with Gasteiger partial charge in [0, 0.05) is 25.6 Å². The van der Waals surface area contributed by atoms with Crippen molar-refractivity contribution in [1.29, 1.82) is 0 Å². The van der Waals surface area contributed by atoms with Crippen molar-refractivity contribution in [2.45, 2.75) is 12.3 Å². The molecular formula is C12H12IN3O. The van der Waals surface area contributed by atoms with Crippen LogP contribution >= 0.6 is 22.6 Å². The highest BCUT2D eigenvalue weighted by atomic mass is 127. The molecule has 1 aromatic rings. The molecule has 1 atom stereocenters. The molecule has 1 aromatic heterocycles. The smallest absolute Gasteiger partial charge is 0.101 e. The number of hydrogen-bond donors (Lipinski definition) is 1. The monoisotopic (exact) mass is 341 g/mol. The first kappa shape index (κ1) is 13.6. The zero-order valence-corrected chi connectivity index (χ0v) is 11.5. The summed E-state index contributed by atoms with van der Waals surface area (Å²) in [5.74, 6) is 2.51. The summed E-state index contributed by atoms with van der Waals surface area (Å²) >= 11 is 2.14. The number of oxime groups is 1. The molecule has 0 aromatic carbocycles. The third-order valence-electron chi connectivity index (χ3n) is 2.28. The Labute approximate surface area is 114 Å². The lowest BCUT2D eigenvalue weighted by molar-refractivity contribution is 0.322. The molecule has 0 saturated heterocycles. The van der Waals surface area contributed by atoms with Gasteiger partial charge in [-0.2, -0.15) is 0 Å². The zero-order valence-electron chi connectivity index (χ0n) is 9.34. The quantitative estimate of drug-likeness (QED) is 0.228. The van der Waals surface area contributed by atoms with Gasteiger partial charge in [0.05, 0.1) is 11.9 Å². The van der Waals surface area contributed by atoms with Gasteiger partial charge in [0.1, 0.15) is 3.70 Å². The SMILES string of the molecule is C#CCC(C(C=NO)=NC)c1ccc(I)nc1. The van der Waals surface area contributed by atoms with Crippen LogP contribution in [0.4, 0.5) is 0 Å². The lowest BCUT2D eigenvalue weighted by Crippen LogP contribution is -2.14. The summed E-state index contributed by atoms with van der Waals surface area (Å²) < 4.78 is 0.914. The first-order chi connectivity index (χ1) is 8.22. The molecular weight excluding hydrogens is 329 g/mol. The molecule has 0 bridgehead atoms. The highest BCUT2D eigenvalue weighted by Crippen LogP contribution is 2.20. The minimum atomic E-state index is -0.0922. The Morgan fingerprint density at radius 1 is 1.71 bits per heavy atom. The van der Waals surface area contributed by atoms with Crippen LogP contribution in [0.2, 0.25) is 0 Å². The van der Waals surface area contributed by atoms with Gasteiger partial charge in [-0.25, -0.2) is 0 Å². The van der Waals surface area contributed by atoms with Crippen molar-refractivity contribution in [2.24, 2.45) is 10.1 Å². The van der Waals surface area contributed by atoms with E-state index in [0.29, 0.717) is 12.1 Å². The van der Waals surface area contributed by atoms with E-state index in [-0.39, 0.29) is 5.92 Å². The molecule has 1 heterocycles. The fourth-order valence-corrected chi connectivity index (χ4v) is 1.79. The molecule has 88 valence electrons. The van der Waals surface area contributed by atoms with E-state index in [1.54, 1.807) is 13.2 Å². The van der Waals surface area contributed by atoms with Crippen LogP contribution in [0.15, 0.2) is 28.5 Å². The normalized spacial score (nSPS) is 13.6. The maximum atomic E-state index is 8.60. The van der Waals surface area contributed by atoms with E-state index in [4.69, 9.17) is 11.6 Å². The van der Waals surface area contributed by atoms with Crippen molar-refractivity contribution in [3.63, 3.8) is 0 Å². The van der Waals surface area contributed by atoms with E-state index in [9.17, 15) is 0 Å². The molecule has 5 heteroatoms. The van der Waals surface area contributed by atoms with E-state index in [1.165, 1.54) is 6.21 Å². The standard InChI is InChI=1S/C12H12IN3O/c1-3-4-10(11(14-2)8-16-17)9-5-6-12(13)15-7-9/h1,5-8,10,17H,4H2,2H3. The maximum absolute atomic E-state index is 8.60. The number of pyridine rings is 1. The van der Waals surface area contributed by atoms with E-state index < -0.39 is 0 Å². The zero-order chi connectivity index (χ0) is 12.7. The van der Waals surface area contributed by atoms with Gasteiger partial charge in [-0.15, -0.1) is 12.3 Å². The van der Waals surface area contributed by atoms with Crippen molar-refractivity contribution in [1.82, 2.24) is 4.98 Å². The summed E-state index contributed by atoms with van der Waals surface area (Å²) in [7, 11) is 1.64. The van der Waals surface area contributed by atoms with Crippen LogP contribution in [0.3, 0.4) is 0 Å². The van der Waals surface area contributed by atoms with Gasteiger partial charge >= 0.3 is 0 Å². The molecule has 17 heavy (non-hydrogen) atoms. The molecule has 1 N–H and O–H groups in total. The number of aromatic nitrogens is 1. The second kappa shape index (κ2) is 7.01. The molecule has 0 spiro atoms. The van der Waals surface area contributed by atoms with Gasteiger partial charge in [0.25, 0.3) is 0 Å². The number of terminal acetylenes is 1. The molecule has 0 aliphatic rings. The third-order valence-corrected chi connectivity index (χ3v) is 2.92. The highest BCUT2D eigenvalue weighted by Gasteiger charge is 2.16. The number of nitrogens with zero attached hydrogens (tertiary/aromatic N) is 3. The molecule has 0 aliphatic heterocycles. The van der Waals surface area contributed by atoms with Crippen LogP contribution in [0.25, 0.3) is 0 Å². The molecule has 4 nitrogen and oxygen atoms in total. The van der Waals surface area contributed by atoms with Crippen molar-refractivity contribution in [3.05, 3.63) is 27.6 Å². The average molecular weight is 341 g/mol. The first-order valence-electron chi connectivity index (χ1n) is 4.92. The largest absolute Gasteiger partial charge is 0.411 e. The van der Waals surface area contributed by atoms with Gasteiger partial charge in [0.15, 0.2) is 0 Å². The number of hydrogen-bond acceptors (Lipinski definition) is 4. The second-order valence-electron chi connectivity index (χ2n) is 3.27. The van der Waals surface area contributed by atoms with Crippen LogP contribution in [0, 0.1) is 16.0 Å². The van der Waals surface area contributed by atoms with Gasteiger partial charge in [-0.05, 0) is 34.2 Å². The Kier molecular flexibility index (Phi) is 5.63. The molecule has 0 radical (unpaired) electrons. The van der Waals surface area contributed by atoms with Gasteiger partial charge in [0.2, 0.25) is 0 Å². The van der Waals surface area contributed by atoms with Crippen molar-refractivity contribution >= 4 is 34.5 Å². The Bertz CT molecular complexity index is 460. The van der Waals surface area contributed by atoms with E-state index in [1.807, 2.05) is 12.1 Å². The Morgan fingerprint density at radius 3 is 2.94 bits per heavy atom. The first-order valence-corrected chi connectivity index (χ1v) is 5.99. The van der Waals surface area contributed by atoms with Crippen LogP contribution in [0.1, 0.15) is 17.9 Å². The summed E-state index contributed by atoms with van der Waals surface area (Å²) in [6, 6.07) is 3.86. The van der Waals surface area contributed by atoms with Crippen LogP contribution < -0.4 is 0 Å². The Morgan fingerprint density at radius 2 is 2.47 bits per heavy atom. The van der Waals surface area contributed by atoms with Gasteiger partial charge in [-0.1, -0.05) is 11.2 Å². The van der Waals surface area contributed by atoms with Crippen molar-refractivity contribution < 1.29 is 5.21 Å². The molecule has 0 saturated carbocycles. The minimum absolute atomic E-state index is 0.0922. The summed E-state index contributed by atoms with van der Waals surface area (Å²) in [5.41, 5.74) is 1.59. The fourth-order valence-electron chi connectivity index (χ4n) is 1.47. The van der Waals surface area contributed by atoms with Crippen molar-refractivity contribution in [2.75, 3.05) is 7.05 Å². The number of rotatable bonds is 4. The predicted octanol–water partition coefficient (Wildman–Crippen LogP) is 2.32. The number of halogens is 1. The third kappa shape index (κ3) is 3.82. The molecule has 1 unspecified atom stereocenters. The Balaban J connectivity index is 3.09. The van der Waals surface area contributed by atoms with E-state index >= 15 is 0 Å². The lowest BCUT2D eigenvalue weighted by atomic mass is 9.93. The summed E-state index contributed by atoms with van der Waals surface area (Å²) in [5, 5.41) is 11.6. The van der Waals surface area contributed by atoms with Crippen LogP contribution in [0.5, 0.6) is 0 Å². The average Bonchev–Trinajstić information content (AvgIpc) is 2.35. The minimum Gasteiger partial charge on any atom is -0.411 e.